The van der Waals surface area contributed by atoms with Gasteiger partial charge in [0.05, 0.1) is 17.9 Å². The zero-order chi connectivity index (χ0) is 23.5. The van der Waals surface area contributed by atoms with Crippen molar-refractivity contribution in [3.63, 3.8) is 0 Å². The second-order valence-corrected chi connectivity index (χ2v) is 8.26. The van der Waals surface area contributed by atoms with Gasteiger partial charge < -0.3 is 9.64 Å². The highest BCUT2D eigenvalue weighted by Crippen LogP contribution is 2.36. The van der Waals surface area contributed by atoms with Crippen LogP contribution in [-0.2, 0) is 16.1 Å². The number of imide groups is 1. The zero-order valence-corrected chi connectivity index (χ0v) is 19.5. The predicted molar refractivity (Wildman–Crippen MR) is 131 cm³/mol. The Morgan fingerprint density at radius 3 is 2.21 bits per heavy atom. The largest absolute Gasteiger partial charge is 0.494 e. The molecule has 0 saturated carbocycles. The van der Waals surface area contributed by atoms with Crippen LogP contribution in [-0.4, -0.2) is 30.4 Å². The lowest BCUT2D eigenvalue weighted by molar-refractivity contribution is -0.120. The molecule has 0 saturated heterocycles. The molecule has 0 spiro atoms. The molecule has 4 rings (SSSR count). The molecule has 0 N–H and O–H groups in total. The van der Waals surface area contributed by atoms with Crippen molar-refractivity contribution >= 4 is 23.1 Å². The first-order valence-electron chi connectivity index (χ1n) is 11.1. The standard InChI is InChI=1S/C28H28N2O3/c1-5-33-23-14-12-22(13-15-23)30-27(31)25(24-16-11-19(2)17-20(24)3)26(28(30)32)29(4)18-21-9-7-6-8-10-21/h6-17H,5,18H2,1-4H3. The third kappa shape index (κ3) is 4.40. The minimum absolute atomic E-state index is 0.314. The lowest BCUT2D eigenvalue weighted by Gasteiger charge is -2.22. The molecule has 3 aromatic rings. The summed E-state index contributed by atoms with van der Waals surface area (Å²) in [5.41, 5.74) is 5.28. The third-order valence-electron chi connectivity index (χ3n) is 5.76. The molecule has 0 atom stereocenters. The van der Waals surface area contributed by atoms with E-state index in [2.05, 4.69) is 0 Å². The number of anilines is 1. The first kappa shape index (κ1) is 22.3. The van der Waals surface area contributed by atoms with Crippen LogP contribution >= 0.6 is 0 Å². The van der Waals surface area contributed by atoms with Gasteiger partial charge in [-0.2, -0.15) is 0 Å². The van der Waals surface area contributed by atoms with Gasteiger partial charge in [0, 0.05) is 13.6 Å². The number of hydrogen-bond acceptors (Lipinski definition) is 4. The number of rotatable bonds is 7. The van der Waals surface area contributed by atoms with E-state index in [9.17, 15) is 9.59 Å². The monoisotopic (exact) mass is 440 g/mol. The molecule has 1 aliphatic heterocycles. The van der Waals surface area contributed by atoms with Gasteiger partial charge in [-0.1, -0.05) is 54.1 Å². The highest BCUT2D eigenvalue weighted by atomic mass is 16.5. The fourth-order valence-corrected chi connectivity index (χ4v) is 4.24. The van der Waals surface area contributed by atoms with E-state index in [4.69, 9.17) is 4.74 Å². The van der Waals surface area contributed by atoms with Gasteiger partial charge in [-0.15, -0.1) is 0 Å². The molecule has 0 radical (unpaired) electrons. The van der Waals surface area contributed by atoms with Gasteiger partial charge in [-0.25, -0.2) is 4.90 Å². The van der Waals surface area contributed by atoms with Gasteiger partial charge in [-0.3, -0.25) is 9.59 Å². The topological polar surface area (TPSA) is 49.9 Å². The van der Waals surface area contributed by atoms with Gasteiger partial charge in [0.15, 0.2) is 0 Å². The number of nitrogens with zero attached hydrogens (tertiary/aromatic N) is 2. The van der Waals surface area contributed by atoms with Crippen molar-refractivity contribution in [2.75, 3.05) is 18.6 Å². The number of amides is 2. The zero-order valence-electron chi connectivity index (χ0n) is 19.5. The van der Waals surface area contributed by atoms with E-state index in [0.29, 0.717) is 35.9 Å². The average molecular weight is 441 g/mol. The van der Waals surface area contributed by atoms with Crippen LogP contribution in [0.2, 0.25) is 0 Å². The van der Waals surface area contributed by atoms with Crippen molar-refractivity contribution in [3.05, 3.63) is 101 Å². The van der Waals surface area contributed by atoms with Crippen LogP contribution in [0, 0.1) is 13.8 Å². The van der Waals surface area contributed by atoms with Gasteiger partial charge in [0.25, 0.3) is 11.8 Å². The maximum atomic E-state index is 13.7. The molecule has 0 fully saturated rings. The van der Waals surface area contributed by atoms with Crippen molar-refractivity contribution in [2.45, 2.75) is 27.3 Å². The molecule has 1 heterocycles. The Morgan fingerprint density at radius 1 is 0.879 bits per heavy atom. The second kappa shape index (κ2) is 9.33. The van der Waals surface area contributed by atoms with E-state index >= 15 is 0 Å². The maximum Gasteiger partial charge on any atom is 0.282 e. The van der Waals surface area contributed by atoms with E-state index in [1.54, 1.807) is 24.3 Å². The summed E-state index contributed by atoms with van der Waals surface area (Å²) in [7, 11) is 1.86. The van der Waals surface area contributed by atoms with E-state index in [1.165, 1.54) is 4.90 Å². The summed E-state index contributed by atoms with van der Waals surface area (Å²) in [5.74, 6) is 0.0629. The third-order valence-corrected chi connectivity index (χ3v) is 5.76. The van der Waals surface area contributed by atoms with Crippen LogP contribution < -0.4 is 9.64 Å². The molecule has 0 unspecified atom stereocenters. The number of aryl methyl sites for hydroxylation is 2. The molecule has 168 valence electrons. The quantitative estimate of drug-likeness (QED) is 0.479. The van der Waals surface area contributed by atoms with Gasteiger partial charge in [-0.05, 0) is 61.7 Å². The Hall–Kier alpha value is -3.86. The Bertz CT molecular complexity index is 1210. The van der Waals surface area contributed by atoms with E-state index in [1.807, 2.05) is 81.2 Å². The van der Waals surface area contributed by atoms with E-state index < -0.39 is 0 Å². The molecule has 1 aliphatic rings. The second-order valence-electron chi connectivity index (χ2n) is 8.26. The number of carbonyl (C=O) groups excluding carboxylic acids is 2. The summed E-state index contributed by atoms with van der Waals surface area (Å²) in [6.45, 7) is 6.97. The van der Waals surface area contributed by atoms with Crippen LogP contribution in [0.25, 0.3) is 5.57 Å². The van der Waals surface area contributed by atoms with Crippen LogP contribution in [0.4, 0.5) is 5.69 Å². The fourth-order valence-electron chi connectivity index (χ4n) is 4.24. The van der Waals surface area contributed by atoms with Crippen LogP contribution in [0.15, 0.2) is 78.5 Å². The minimum atomic E-state index is -0.322. The fraction of sp³-hybridized carbons (Fsp3) is 0.214. The number of ether oxygens (including phenoxy) is 1. The number of likely N-dealkylation sites (N-methyl/N-ethyl adjacent to an activating group) is 1. The summed E-state index contributed by atoms with van der Waals surface area (Å²) in [6.07, 6.45) is 0. The Labute approximate surface area is 194 Å². The molecular formula is C28H28N2O3. The Kier molecular flexibility index (Phi) is 6.31. The molecule has 5 nitrogen and oxygen atoms in total. The molecule has 3 aromatic carbocycles. The van der Waals surface area contributed by atoms with Gasteiger partial charge >= 0.3 is 0 Å². The molecule has 0 bridgehead atoms. The molecular weight excluding hydrogens is 412 g/mol. The van der Waals surface area contributed by atoms with E-state index in [0.717, 1.165) is 22.3 Å². The predicted octanol–water partition coefficient (Wildman–Crippen LogP) is 5.12. The molecule has 0 aromatic heterocycles. The van der Waals surface area contributed by atoms with Crippen molar-refractivity contribution in [1.82, 2.24) is 4.90 Å². The summed E-state index contributed by atoms with van der Waals surface area (Å²) in [4.78, 5) is 30.6. The van der Waals surface area contributed by atoms with Gasteiger partial charge in [0.2, 0.25) is 0 Å². The first-order chi connectivity index (χ1) is 15.9. The average Bonchev–Trinajstić information content (AvgIpc) is 3.05. The molecule has 5 heteroatoms. The lowest BCUT2D eigenvalue weighted by Crippen LogP contribution is -2.34. The Morgan fingerprint density at radius 2 is 1.58 bits per heavy atom. The van der Waals surface area contributed by atoms with Crippen molar-refractivity contribution in [3.8, 4) is 5.75 Å². The molecule has 0 aliphatic carbocycles. The number of benzene rings is 3. The molecule has 33 heavy (non-hydrogen) atoms. The smallest absolute Gasteiger partial charge is 0.282 e. The highest BCUT2D eigenvalue weighted by Gasteiger charge is 2.42. The van der Waals surface area contributed by atoms with Crippen molar-refractivity contribution < 1.29 is 14.3 Å². The SMILES string of the molecule is CCOc1ccc(N2C(=O)C(c3ccc(C)cc3C)=C(N(C)Cc3ccccc3)C2=O)cc1. The normalized spacial score (nSPS) is 13.6. The van der Waals surface area contributed by atoms with Crippen molar-refractivity contribution in [1.29, 1.82) is 0 Å². The summed E-state index contributed by atoms with van der Waals surface area (Å²) in [6, 6.07) is 22.9. The van der Waals surface area contributed by atoms with Crippen molar-refractivity contribution in [2.24, 2.45) is 0 Å². The summed E-state index contributed by atoms with van der Waals surface area (Å²) in [5, 5.41) is 0. The van der Waals surface area contributed by atoms with Crippen LogP contribution in [0.3, 0.4) is 0 Å². The highest BCUT2D eigenvalue weighted by molar-refractivity contribution is 6.45. The molecule has 2 amide bonds. The first-order valence-corrected chi connectivity index (χ1v) is 11.1. The van der Waals surface area contributed by atoms with Crippen LogP contribution in [0.5, 0.6) is 5.75 Å². The van der Waals surface area contributed by atoms with Gasteiger partial charge in [0.1, 0.15) is 11.4 Å². The maximum absolute atomic E-state index is 13.7. The lowest BCUT2D eigenvalue weighted by atomic mass is 9.97. The number of hydrogen-bond donors (Lipinski definition) is 0. The summed E-state index contributed by atoms with van der Waals surface area (Å²) >= 11 is 0. The Balaban J connectivity index is 1.79. The summed E-state index contributed by atoms with van der Waals surface area (Å²) < 4.78 is 5.51. The number of carbonyl (C=O) groups is 2. The van der Waals surface area contributed by atoms with E-state index in [-0.39, 0.29) is 11.8 Å². The minimum Gasteiger partial charge on any atom is -0.494 e. The van der Waals surface area contributed by atoms with Crippen LogP contribution in [0.1, 0.15) is 29.2 Å².